The van der Waals surface area contributed by atoms with Gasteiger partial charge in [-0.05, 0) is 27.7 Å². The average molecular weight is 320 g/mol. The second kappa shape index (κ2) is 6.91. The third-order valence-electron chi connectivity index (χ3n) is 2.96. The highest BCUT2D eigenvalue weighted by molar-refractivity contribution is 5.76. The number of hydrogen-bond acceptors (Lipinski definition) is 8. The van der Waals surface area contributed by atoms with Crippen LogP contribution in [0.4, 0.5) is 0 Å². The predicted molar refractivity (Wildman–Crippen MR) is 73.6 cm³/mol. The molecule has 1 saturated heterocycles. The monoisotopic (exact) mass is 320 g/mol. The standard InChI is InChI=1S/C14H24O8/c1-13(2,17)20-8(7-9(15)18-5)10-11(12(16)19-6)22-14(3,4)21-10/h8,10-11,17H,7H2,1-6H3. The van der Waals surface area contributed by atoms with Crippen molar-refractivity contribution in [2.75, 3.05) is 14.2 Å². The summed E-state index contributed by atoms with van der Waals surface area (Å²) < 4.78 is 25.9. The third kappa shape index (κ3) is 5.20. The summed E-state index contributed by atoms with van der Waals surface area (Å²) in [4.78, 5) is 23.5. The van der Waals surface area contributed by atoms with Gasteiger partial charge in [0, 0.05) is 0 Å². The van der Waals surface area contributed by atoms with Crippen LogP contribution in [0.25, 0.3) is 0 Å². The molecule has 1 rings (SSSR count). The topological polar surface area (TPSA) is 101 Å². The van der Waals surface area contributed by atoms with E-state index in [-0.39, 0.29) is 6.42 Å². The van der Waals surface area contributed by atoms with E-state index < -0.39 is 41.8 Å². The first kappa shape index (κ1) is 18.8. The van der Waals surface area contributed by atoms with E-state index >= 15 is 0 Å². The molecule has 1 aliphatic rings. The van der Waals surface area contributed by atoms with E-state index in [1.807, 2.05) is 0 Å². The molecule has 0 radical (unpaired) electrons. The van der Waals surface area contributed by atoms with Crippen LogP contribution in [0.1, 0.15) is 34.1 Å². The first-order valence-electron chi connectivity index (χ1n) is 6.89. The Bertz CT molecular complexity index is 412. The van der Waals surface area contributed by atoms with Crippen LogP contribution in [-0.4, -0.2) is 61.2 Å². The SMILES string of the molecule is COC(=O)CC(OC(C)(C)O)C1OC(C)(C)OC1C(=O)OC. The van der Waals surface area contributed by atoms with Crippen molar-refractivity contribution in [3.05, 3.63) is 0 Å². The van der Waals surface area contributed by atoms with Crippen LogP contribution in [0.15, 0.2) is 0 Å². The molecule has 0 aliphatic carbocycles. The molecular formula is C14H24O8. The lowest BCUT2D eigenvalue weighted by Crippen LogP contribution is -2.46. The molecule has 128 valence electrons. The number of ether oxygens (including phenoxy) is 5. The van der Waals surface area contributed by atoms with E-state index in [0.717, 1.165) is 0 Å². The van der Waals surface area contributed by atoms with E-state index in [9.17, 15) is 14.7 Å². The van der Waals surface area contributed by atoms with E-state index in [1.54, 1.807) is 13.8 Å². The van der Waals surface area contributed by atoms with Crippen molar-refractivity contribution in [1.82, 2.24) is 0 Å². The van der Waals surface area contributed by atoms with Crippen molar-refractivity contribution in [2.24, 2.45) is 0 Å². The summed E-state index contributed by atoms with van der Waals surface area (Å²) in [6.07, 6.45) is -3.15. The van der Waals surface area contributed by atoms with E-state index in [2.05, 4.69) is 4.74 Å². The van der Waals surface area contributed by atoms with Crippen LogP contribution in [0.2, 0.25) is 0 Å². The molecule has 0 aromatic heterocycles. The lowest BCUT2D eigenvalue weighted by Gasteiger charge is -2.30. The smallest absolute Gasteiger partial charge is 0.337 e. The zero-order valence-electron chi connectivity index (χ0n) is 13.7. The number of carbonyl (C=O) groups is 2. The molecule has 0 saturated carbocycles. The van der Waals surface area contributed by atoms with Crippen LogP contribution in [0, 0.1) is 0 Å². The van der Waals surface area contributed by atoms with Crippen LogP contribution in [0.5, 0.6) is 0 Å². The summed E-state index contributed by atoms with van der Waals surface area (Å²) in [6, 6.07) is 0. The minimum Gasteiger partial charge on any atom is -0.469 e. The molecule has 8 nitrogen and oxygen atoms in total. The van der Waals surface area contributed by atoms with Gasteiger partial charge in [0.25, 0.3) is 0 Å². The van der Waals surface area contributed by atoms with Crippen LogP contribution in [0.3, 0.4) is 0 Å². The van der Waals surface area contributed by atoms with Gasteiger partial charge < -0.3 is 28.8 Å². The van der Waals surface area contributed by atoms with Gasteiger partial charge in [-0.3, -0.25) is 4.79 Å². The van der Waals surface area contributed by atoms with Crippen LogP contribution < -0.4 is 0 Å². The van der Waals surface area contributed by atoms with Gasteiger partial charge in [-0.25, -0.2) is 4.79 Å². The maximum atomic E-state index is 11.9. The molecule has 1 N–H and O–H groups in total. The molecule has 1 fully saturated rings. The number of rotatable bonds is 6. The molecule has 1 aliphatic heterocycles. The number of esters is 2. The summed E-state index contributed by atoms with van der Waals surface area (Å²) in [7, 11) is 2.46. The summed E-state index contributed by atoms with van der Waals surface area (Å²) in [5.41, 5.74) is 0. The molecule has 0 aromatic rings. The quantitative estimate of drug-likeness (QED) is 0.553. The molecule has 3 unspecified atom stereocenters. The average Bonchev–Trinajstić information content (AvgIpc) is 2.71. The van der Waals surface area contributed by atoms with E-state index in [0.29, 0.717) is 0 Å². The lowest BCUT2D eigenvalue weighted by atomic mass is 10.0. The van der Waals surface area contributed by atoms with Crippen molar-refractivity contribution in [3.8, 4) is 0 Å². The minimum atomic E-state index is -1.53. The Kier molecular flexibility index (Phi) is 5.91. The summed E-state index contributed by atoms with van der Waals surface area (Å²) in [5.74, 6) is -3.80. The van der Waals surface area contributed by atoms with Gasteiger partial charge in [0.2, 0.25) is 0 Å². The number of carbonyl (C=O) groups excluding carboxylic acids is 2. The first-order chi connectivity index (χ1) is 9.99. The van der Waals surface area contributed by atoms with Gasteiger partial charge in [-0.1, -0.05) is 0 Å². The first-order valence-corrected chi connectivity index (χ1v) is 6.89. The zero-order valence-corrected chi connectivity index (χ0v) is 13.7. The van der Waals surface area contributed by atoms with Crippen LogP contribution >= 0.6 is 0 Å². The Morgan fingerprint density at radius 3 is 2.27 bits per heavy atom. The summed E-state index contributed by atoms with van der Waals surface area (Å²) in [5, 5.41) is 9.86. The third-order valence-corrected chi connectivity index (χ3v) is 2.96. The highest BCUT2D eigenvalue weighted by atomic mass is 16.8. The molecule has 3 atom stereocenters. The Hall–Kier alpha value is -1.22. The largest absolute Gasteiger partial charge is 0.469 e. The number of hydrogen-bond donors (Lipinski definition) is 1. The number of methoxy groups -OCH3 is 2. The Labute approximate surface area is 129 Å². The fourth-order valence-electron chi connectivity index (χ4n) is 2.20. The molecule has 0 bridgehead atoms. The Morgan fingerprint density at radius 2 is 1.82 bits per heavy atom. The second-order valence-corrected chi connectivity index (χ2v) is 5.93. The molecule has 1 heterocycles. The van der Waals surface area contributed by atoms with Crippen molar-refractivity contribution in [1.29, 1.82) is 0 Å². The van der Waals surface area contributed by atoms with Gasteiger partial charge in [0.05, 0.1) is 20.6 Å². The molecule has 0 amide bonds. The molecule has 0 aromatic carbocycles. The van der Waals surface area contributed by atoms with E-state index in [1.165, 1.54) is 28.1 Å². The second-order valence-electron chi connectivity index (χ2n) is 5.93. The van der Waals surface area contributed by atoms with Gasteiger partial charge in [0.15, 0.2) is 17.7 Å². The van der Waals surface area contributed by atoms with E-state index in [4.69, 9.17) is 18.9 Å². The van der Waals surface area contributed by atoms with Gasteiger partial charge in [-0.2, -0.15) is 0 Å². The summed E-state index contributed by atoms with van der Waals surface area (Å²) >= 11 is 0. The lowest BCUT2D eigenvalue weighted by molar-refractivity contribution is -0.237. The fraction of sp³-hybridized carbons (Fsp3) is 0.857. The van der Waals surface area contributed by atoms with Crippen molar-refractivity contribution < 1.29 is 38.4 Å². The normalized spacial score (nSPS) is 25.6. The zero-order chi connectivity index (χ0) is 17.1. The summed E-state index contributed by atoms with van der Waals surface area (Å²) in [6.45, 7) is 6.07. The van der Waals surface area contributed by atoms with Crippen molar-refractivity contribution >= 4 is 11.9 Å². The van der Waals surface area contributed by atoms with Crippen molar-refractivity contribution in [2.45, 2.75) is 64.0 Å². The maximum absolute atomic E-state index is 11.9. The van der Waals surface area contributed by atoms with Crippen molar-refractivity contribution in [3.63, 3.8) is 0 Å². The Morgan fingerprint density at radius 1 is 1.23 bits per heavy atom. The fourth-order valence-corrected chi connectivity index (χ4v) is 2.20. The van der Waals surface area contributed by atoms with Gasteiger partial charge >= 0.3 is 11.9 Å². The van der Waals surface area contributed by atoms with Gasteiger partial charge in [0.1, 0.15) is 12.2 Å². The number of aliphatic hydroxyl groups is 1. The Balaban J connectivity index is 3.03. The molecule has 0 spiro atoms. The van der Waals surface area contributed by atoms with Crippen LogP contribution in [-0.2, 0) is 33.3 Å². The highest BCUT2D eigenvalue weighted by Gasteiger charge is 2.51. The molecule has 22 heavy (non-hydrogen) atoms. The maximum Gasteiger partial charge on any atom is 0.337 e. The molecular weight excluding hydrogens is 296 g/mol. The highest BCUT2D eigenvalue weighted by Crippen LogP contribution is 2.33. The minimum absolute atomic E-state index is 0.210. The van der Waals surface area contributed by atoms with Gasteiger partial charge in [-0.15, -0.1) is 0 Å². The molecule has 8 heteroatoms. The predicted octanol–water partition coefficient (Wildman–Crippen LogP) is 0.356.